The van der Waals surface area contributed by atoms with E-state index in [4.69, 9.17) is 0 Å². The van der Waals surface area contributed by atoms with Crippen LogP contribution in [0.3, 0.4) is 0 Å². The van der Waals surface area contributed by atoms with E-state index < -0.39 is 0 Å². The summed E-state index contributed by atoms with van der Waals surface area (Å²) in [7, 11) is 0. The van der Waals surface area contributed by atoms with E-state index in [2.05, 4.69) is 66.7 Å². The molecule has 0 amide bonds. The van der Waals surface area contributed by atoms with Gasteiger partial charge in [-0.05, 0) is 69.6 Å². The predicted molar refractivity (Wildman–Crippen MR) is 147 cm³/mol. The number of rotatable bonds is 7. The van der Waals surface area contributed by atoms with Gasteiger partial charge in [-0.3, -0.25) is 15.0 Å². The predicted octanol–water partition coefficient (Wildman–Crippen LogP) is 5.50. The number of H-pyrrole nitrogens is 2. The van der Waals surface area contributed by atoms with Gasteiger partial charge in [0.1, 0.15) is 0 Å². The molecular formula is C29H30N8. The average molecular weight is 491 g/mol. The Morgan fingerprint density at radius 2 is 1.89 bits per heavy atom. The van der Waals surface area contributed by atoms with E-state index in [9.17, 15) is 0 Å². The lowest BCUT2D eigenvalue weighted by Crippen LogP contribution is -2.18. The van der Waals surface area contributed by atoms with Crippen LogP contribution in [0.15, 0.2) is 68.0 Å². The molecule has 0 aliphatic carbocycles. The molecule has 6 heterocycles. The van der Waals surface area contributed by atoms with Crippen molar-refractivity contribution in [1.82, 2.24) is 39.6 Å². The summed E-state index contributed by atoms with van der Waals surface area (Å²) < 4.78 is 2.02. The highest BCUT2D eigenvalue weighted by molar-refractivity contribution is 5.93. The fraction of sp³-hybridized carbons (Fsp3) is 0.241. The Balaban J connectivity index is 1.36. The van der Waals surface area contributed by atoms with Crippen molar-refractivity contribution in [3.8, 4) is 22.5 Å². The van der Waals surface area contributed by atoms with Crippen molar-refractivity contribution in [2.45, 2.75) is 33.2 Å². The van der Waals surface area contributed by atoms with Crippen LogP contribution >= 0.6 is 0 Å². The Morgan fingerprint density at radius 1 is 1.05 bits per heavy atom. The summed E-state index contributed by atoms with van der Waals surface area (Å²) in [5.74, 6) is 0. The molecule has 0 atom stereocenters. The van der Waals surface area contributed by atoms with Gasteiger partial charge in [0, 0.05) is 59.1 Å². The molecule has 0 unspecified atom stereocenters. The third-order valence-corrected chi connectivity index (χ3v) is 6.97. The third-order valence-electron chi connectivity index (χ3n) is 6.97. The molecule has 0 spiro atoms. The van der Waals surface area contributed by atoms with Crippen LogP contribution in [0.4, 0.5) is 0 Å². The van der Waals surface area contributed by atoms with Crippen LogP contribution in [0.1, 0.15) is 35.4 Å². The average Bonchev–Trinajstić information content (AvgIpc) is 3.70. The highest BCUT2D eigenvalue weighted by Crippen LogP contribution is 2.32. The molecule has 0 saturated carbocycles. The standard InChI is InChI=1S/C29H30N8/c1-4-7-27(37-16-19(2)32-18-37)24-12-26(33-20(24)3)28-25-11-23(15-31-29(25)35-34-28)22-10-21(13-30-14-22)17-36-8-5-6-9-36/h4,7,10-16,18,33H,1,5-6,8-9,17H2,2-3H3,(H,31,34,35)/b27-7+. The molecule has 6 rings (SSSR count). The van der Waals surface area contributed by atoms with Crippen LogP contribution in [-0.4, -0.2) is 52.7 Å². The largest absolute Gasteiger partial charge is 0.357 e. The number of allylic oxidation sites excluding steroid dienone is 2. The number of aromatic nitrogens is 7. The zero-order valence-electron chi connectivity index (χ0n) is 21.2. The van der Waals surface area contributed by atoms with E-state index in [-0.39, 0.29) is 0 Å². The Labute approximate surface area is 215 Å². The SMILES string of the molecule is C=C/C=C(\c1cc(-c2[nH]nc3ncc(-c4cncc(CN5CCCC5)c4)cc23)[nH]c1C)n1cnc(C)c1. The van der Waals surface area contributed by atoms with Gasteiger partial charge in [0.25, 0.3) is 0 Å². The minimum absolute atomic E-state index is 0.681. The Hall–Kier alpha value is -4.30. The zero-order chi connectivity index (χ0) is 25.4. The molecule has 1 aliphatic heterocycles. The monoisotopic (exact) mass is 490 g/mol. The van der Waals surface area contributed by atoms with Gasteiger partial charge in [0.05, 0.1) is 29.1 Å². The maximum Gasteiger partial charge on any atom is 0.181 e. The first-order valence-electron chi connectivity index (χ1n) is 12.6. The van der Waals surface area contributed by atoms with Gasteiger partial charge in [-0.15, -0.1) is 0 Å². The van der Waals surface area contributed by atoms with E-state index in [0.29, 0.717) is 5.65 Å². The summed E-state index contributed by atoms with van der Waals surface area (Å²) in [4.78, 5) is 19.6. The number of aryl methyl sites for hydroxylation is 2. The smallest absolute Gasteiger partial charge is 0.181 e. The van der Waals surface area contributed by atoms with Gasteiger partial charge >= 0.3 is 0 Å². The molecule has 2 N–H and O–H groups in total. The molecule has 186 valence electrons. The Morgan fingerprint density at radius 3 is 2.68 bits per heavy atom. The highest BCUT2D eigenvalue weighted by Gasteiger charge is 2.17. The summed E-state index contributed by atoms with van der Waals surface area (Å²) in [6, 6.07) is 6.51. The summed E-state index contributed by atoms with van der Waals surface area (Å²) in [6.45, 7) is 11.2. The molecule has 5 aromatic rings. The number of likely N-dealkylation sites (tertiary alicyclic amines) is 1. The first-order valence-corrected chi connectivity index (χ1v) is 12.6. The van der Waals surface area contributed by atoms with E-state index in [1.807, 2.05) is 48.7 Å². The van der Waals surface area contributed by atoms with Gasteiger partial charge in [0.2, 0.25) is 0 Å². The first-order chi connectivity index (χ1) is 18.1. The number of hydrogen-bond donors (Lipinski definition) is 2. The van der Waals surface area contributed by atoms with Crippen molar-refractivity contribution in [3.05, 3.63) is 90.6 Å². The van der Waals surface area contributed by atoms with Gasteiger partial charge < -0.3 is 9.55 Å². The van der Waals surface area contributed by atoms with Gasteiger partial charge in [-0.2, -0.15) is 5.10 Å². The maximum atomic E-state index is 4.65. The van der Waals surface area contributed by atoms with Crippen molar-refractivity contribution in [2.24, 2.45) is 0 Å². The van der Waals surface area contributed by atoms with Gasteiger partial charge in [-0.1, -0.05) is 12.7 Å². The minimum Gasteiger partial charge on any atom is -0.357 e. The lowest BCUT2D eigenvalue weighted by molar-refractivity contribution is 0.331. The van der Waals surface area contributed by atoms with Crippen LogP contribution in [0, 0.1) is 13.8 Å². The van der Waals surface area contributed by atoms with E-state index >= 15 is 0 Å². The summed E-state index contributed by atoms with van der Waals surface area (Å²) in [6.07, 6.45) is 15.9. The molecule has 1 fully saturated rings. The van der Waals surface area contributed by atoms with Crippen LogP contribution in [0.2, 0.25) is 0 Å². The maximum absolute atomic E-state index is 4.65. The number of fused-ring (bicyclic) bond motifs is 1. The van der Waals surface area contributed by atoms with Crippen molar-refractivity contribution in [2.75, 3.05) is 13.1 Å². The molecular weight excluding hydrogens is 460 g/mol. The van der Waals surface area contributed by atoms with E-state index in [0.717, 1.165) is 70.2 Å². The lowest BCUT2D eigenvalue weighted by Gasteiger charge is -2.14. The Kier molecular flexibility index (Phi) is 6.02. The minimum atomic E-state index is 0.681. The second kappa shape index (κ2) is 9.63. The number of nitrogens with one attached hydrogen (secondary N) is 2. The number of aromatic amines is 2. The van der Waals surface area contributed by atoms with Crippen LogP contribution in [-0.2, 0) is 6.54 Å². The quantitative estimate of drug-likeness (QED) is 0.294. The van der Waals surface area contributed by atoms with Crippen LogP contribution < -0.4 is 0 Å². The summed E-state index contributed by atoms with van der Waals surface area (Å²) >= 11 is 0. The molecule has 8 heteroatoms. The van der Waals surface area contributed by atoms with Gasteiger partial charge in [-0.25, -0.2) is 9.97 Å². The second-order valence-corrected chi connectivity index (χ2v) is 9.69. The number of hydrogen-bond acceptors (Lipinski definition) is 5. The van der Waals surface area contributed by atoms with Crippen molar-refractivity contribution in [3.63, 3.8) is 0 Å². The lowest BCUT2D eigenvalue weighted by atomic mass is 10.1. The molecule has 0 bridgehead atoms. The van der Waals surface area contributed by atoms with Crippen LogP contribution in [0.5, 0.6) is 0 Å². The van der Waals surface area contributed by atoms with Crippen molar-refractivity contribution in [1.29, 1.82) is 0 Å². The van der Waals surface area contributed by atoms with Gasteiger partial charge in [0.15, 0.2) is 5.65 Å². The zero-order valence-corrected chi connectivity index (χ0v) is 21.2. The van der Waals surface area contributed by atoms with Crippen molar-refractivity contribution >= 4 is 16.7 Å². The summed E-state index contributed by atoms with van der Waals surface area (Å²) in [5, 5.41) is 8.63. The third kappa shape index (κ3) is 4.51. The summed E-state index contributed by atoms with van der Waals surface area (Å²) in [5.41, 5.74) is 9.91. The highest BCUT2D eigenvalue weighted by atomic mass is 15.2. The topological polar surface area (TPSA) is 91.3 Å². The van der Waals surface area contributed by atoms with Crippen LogP contribution in [0.25, 0.3) is 39.2 Å². The number of imidazole rings is 1. The molecule has 0 radical (unpaired) electrons. The van der Waals surface area contributed by atoms with Crippen molar-refractivity contribution < 1.29 is 0 Å². The van der Waals surface area contributed by atoms with E-state index in [1.165, 1.54) is 18.4 Å². The normalized spacial score (nSPS) is 14.6. The number of nitrogens with zero attached hydrogens (tertiary/aromatic N) is 6. The molecule has 0 aromatic carbocycles. The first kappa shape index (κ1) is 23.1. The molecule has 1 saturated heterocycles. The number of pyridine rings is 2. The van der Waals surface area contributed by atoms with E-state index in [1.54, 1.807) is 6.08 Å². The second-order valence-electron chi connectivity index (χ2n) is 9.69. The molecule has 8 nitrogen and oxygen atoms in total. The molecule has 5 aromatic heterocycles. The molecule has 37 heavy (non-hydrogen) atoms. The molecule has 1 aliphatic rings. The Bertz CT molecular complexity index is 1610. The fourth-order valence-electron chi connectivity index (χ4n) is 5.13. The fourth-order valence-corrected chi connectivity index (χ4v) is 5.13.